The fraction of sp³-hybridized carbons (Fsp3) is 0.400. The van der Waals surface area contributed by atoms with E-state index in [1.165, 1.54) is 6.07 Å². The molecule has 1 aromatic heterocycles. The van der Waals surface area contributed by atoms with Gasteiger partial charge in [0.25, 0.3) is 0 Å². The SMILES string of the molecule is CCCn1c(C(C)C)nc(-c2ccc(F)c(F)c2)c1N. The number of aromatic nitrogens is 2. The monoisotopic (exact) mass is 279 g/mol. The maximum atomic E-state index is 13.4. The van der Waals surface area contributed by atoms with Crippen molar-refractivity contribution < 1.29 is 8.78 Å². The molecule has 0 saturated heterocycles. The van der Waals surface area contributed by atoms with E-state index in [2.05, 4.69) is 11.9 Å². The average Bonchev–Trinajstić information content (AvgIpc) is 2.72. The summed E-state index contributed by atoms with van der Waals surface area (Å²) in [5.74, 6) is -0.184. The molecular formula is C15H19F2N3. The molecule has 3 nitrogen and oxygen atoms in total. The summed E-state index contributed by atoms with van der Waals surface area (Å²) in [4.78, 5) is 4.52. The zero-order valence-electron chi connectivity index (χ0n) is 12.0. The molecule has 0 atom stereocenters. The molecule has 2 rings (SSSR count). The molecule has 2 N–H and O–H groups in total. The Kier molecular flexibility index (Phi) is 4.06. The molecule has 1 heterocycles. The predicted molar refractivity (Wildman–Crippen MR) is 76.4 cm³/mol. The first-order valence-corrected chi connectivity index (χ1v) is 6.77. The van der Waals surface area contributed by atoms with Crippen LogP contribution in [0.5, 0.6) is 0 Å². The second kappa shape index (κ2) is 5.61. The van der Waals surface area contributed by atoms with Gasteiger partial charge in [0, 0.05) is 18.0 Å². The van der Waals surface area contributed by atoms with E-state index in [1.807, 2.05) is 18.4 Å². The summed E-state index contributed by atoms with van der Waals surface area (Å²) >= 11 is 0. The molecule has 2 aromatic rings. The second-order valence-corrected chi connectivity index (χ2v) is 5.14. The Labute approximate surface area is 117 Å². The Hall–Kier alpha value is -1.91. The van der Waals surface area contributed by atoms with Crippen molar-refractivity contribution in [2.24, 2.45) is 0 Å². The number of anilines is 1. The topological polar surface area (TPSA) is 43.8 Å². The Morgan fingerprint density at radius 2 is 1.95 bits per heavy atom. The van der Waals surface area contributed by atoms with E-state index in [9.17, 15) is 8.78 Å². The van der Waals surface area contributed by atoms with E-state index in [1.54, 1.807) is 0 Å². The highest BCUT2D eigenvalue weighted by molar-refractivity contribution is 5.71. The van der Waals surface area contributed by atoms with Crippen molar-refractivity contribution in [1.82, 2.24) is 9.55 Å². The van der Waals surface area contributed by atoms with Gasteiger partial charge in [-0.25, -0.2) is 13.8 Å². The summed E-state index contributed by atoms with van der Waals surface area (Å²) < 4.78 is 28.3. The second-order valence-electron chi connectivity index (χ2n) is 5.14. The van der Waals surface area contributed by atoms with Crippen LogP contribution in [0.15, 0.2) is 18.2 Å². The molecule has 0 fully saturated rings. The van der Waals surface area contributed by atoms with Crippen LogP contribution in [0.4, 0.5) is 14.6 Å². The smallest absolute Gasteiger partial charge is 0.159 e. The van der Waals surface area contributed by atoms with Crippen LogP contribution in [-0.4, -0.2) is 9.55 Å². The lowest BCUT2D eigenvalue weighted by molar-refractivity contribution is 0.509. The third-order valence-electron chi connectivity index (χ3n) is 3.19. The van der Waals surface area contributed by atoms with E-state index in [-0.39, 0.29) is 5.92 Å². The maximum absolute atomic E-state index is 13.4. The molecular weight excluding hydrogens is 260 g/mol. The first-order valence-electron chi connectivity index (χ1n) is 6.77. The first kappa shape index (κ1) is 14.5. The third kappa shape index (κ3) is 2.53. The summed E-state index contributed by atoms with van der Waals surface area (Å²) in [5, 5.41) is 0. The fourth-order valence-corrected chi connectivity index (χ4v) is 2.24. The molecule has 108 valence electrons. The number of rotatable bonds is 4. The highest BCUT2D eigenvalue weighted by atomic mass is 19.2. The van der Waals surface area contributed by atoms with Crippen LogP contribution in [0.3, 0.4) is 0 Å². The molecule has 1 aromatic carbocycles. The number of hydrogen-bond donors (Lipinski definition) is 1. The van der Waals surface area contributed by atoms with Crippen LogP contribution in [0.25, 0.3) is 11.3 Å². The summed E-state index contributed by atoms with van der Waals surface area (Å²) in [6, 6.07) is 3.73. The van der Waals surface area contributed by atoms with Crippen molar-refractivity contribution >= 4 is 5.82 Å². The van der Waals surface area contributed by atoms with Gasteiger partial charge in [0.05, 0.1) is 0 Å². The molecule has 0 bridgehead atoms. The van der Waals surface area contributed by atoms with Crippen molar-refractivity contribution in [3.05, 3.63) is 35.7 Å². The zero-order chi connectivity index (χ0) is 14.9. The lowest BCUT2D eigenvalue weighted by atomic mass is 10.1. The zero-order valence-corrected chi connectivity index (χ0v) is 12.0. The van der Waals surface area contributed by atoms with Gasteiger partial charge in [-0.3, -0.25) is 0 Å². The van der Waals surface area contributed by atoms with E-state index < -0.39 is 11.6 Å². The number of nitrogens with two attached hydrogens (primary N) is 1. The minimum atomic E-state index is -0.891. The van der Waals surface area contributed by atoms with Gasteiger partial charge in [-0.15, -0.1) is 0 Å². The van der Waals surface area contributed by atoms with Gasteiger partial charge < -0.3 is 10.3 Å². The largest absolute Gasteiger partial charge is 0.383 e. The van der Waals surface area contributed by atoms with Crippen molar-refractivity contribution in [1.29, 1.82) is 0 Å². The predicted octanol–water partition coefficient (Wildman–Crippen LogP) is 3.94. The molecule has 0 aliphatic carbocycles. The number of halogens is 2. The summed E-state index contributed by atoms with van der Waals surface area (Å²) in [7, 11) is 0. The summed E-state index contributed by atoms with van der Waals surface area (Å²) in [6.07, 6.45) is 0.928. The van der Waals surface area contributed by atoms with Crippen LogP contribution in [0.1, 0.15) is 38.9 Å². The number of nitrogens with zero attached hydrogens (tertiary/aromatic N) is 2. The highest BCUT2D eigenvalue weighted by Gasteiger charge is 2.18. The van der Waals surface area contributed by atoms with Crippen LogP contribution < -0.4 is 5.73 Å². The summed E-state index contributed by atoms with van der Waals surface area (Å²) in [5.41, 5.74) is 7.15. The van der Waals surface area contributed by atoms with Gasteiger partial charge >= 0.3 is 0 Å². The Morgan fingerprint density at radius 1 is 1.25 bits per heavy atom. The Bertz CT molecular complexity index is 618. The van der Waals surface area contributed by atoms with Gasteiger partial charge in [-0.1, -0.05) is 20.8 Å². The van der Waals surface area contributed by atoms with Crippen molar-refractivity contribution in [3.8, 4) is 11.3 Å². The molecule has 5 heteroatoms. The molecule has 0 unspecified atom stereocenters. The highest BCUT2D eigenvalue weighted by Crippen LogP contribution is 2.30. The first-order chi connectivity index (χ1) is 9.45. The number of benzene rings is 1. The molecule has 0 aliphatic rings. The molecule has 20 heavy (non-hydrogen) atoms. The van der Waals surface area contributed by atoms with Crippen molar-refractivity contribution in [2.45, 2.75) is 39.7 Å². The van der Waals surface area contributed by atoms with Gasteiger partial charge in [-0.2, -0.15) is 0 Å². The standard InChI is InChI=1S/C15H19F2N3/c1-4-7-20-14(18)13(19-15(20)9(2)3)10-5-6-11(16)12(17)8-10/h5-6,8-9H,4,7,18H2,1-3H3. The fourth-order valence-electron chi connectivity index (χ4n) is 2.24. The number of imidazole rings is 1. The maximum Gasteiger partial charge on any atom is 0.159 e. The van der Waals surface area contributed by atoms with Crippen LogP contribution in [0.2, 0.25) is 0 Å². The van der Waals surface area contributed by atoms with Gasteiger partial charge in [0.2, 0.25) is 0 Å². The van der Waals surface area contributed by atoms with E-state index in [0.717, 1.165) is 30.9 Å². The number of nitrogen functional groups attached to an aromatic ring is 1. The minimum Gasteiger partial charge on any atom is -0.383 e. The molecule has 0 radical (unpaired) electrons. The quantitative estimate of drug-likeness (QED) is 0.921. The van der Waals surface area contributed by atoms with Gasteiger partial charge in [-0.05, 0) is 24.6 Å². The Morgan fingerprint density at radius 3 is 2.50 bits per heavy atom. The minimum absolute atomic E-state index is 0.211. The van der Waals surface area contributed by atoms with Crippen LogP contribution >= 0.6 is 0 Å². The van der Waals surface area contributed by atoms with Crippen molar-refractivity contribution in [2.75, 3.05) is 5.73 Å². The molecule has 0 amide bonds. The van der Waals surface area contributed by atoms with Gasteiger partial charge in [0.15, 0.2) is 11.6 Å². The lowest BCUT2D eigenvalue weighted by Gasteiger charge is -2.10. The molecule has 0 spiro atoms. The van der Waals surface area contributed by atoms with Crippen molar-refractivity contribution in [3.63, 3.8) is 0 Å². The third-order valence-corrected chi connectivity index (χ3v) is 3.19. The number of hydrogen-bond acceptors (Lipinski definition) is 2. The van der Waals surface area contributed by atoms with Gasteiger partial charge in [0.1, 0.15) is 17.3 Å². The molecule has 0 aliphatic heterocycles. The van der Waals surface area contributed by atoms with E-state index >= 15 is 0 Å². The molecule has 0 saturated carbocycles. The van der Waals surface area contributed by atoms with Crippen LogP contribution in [-0.2, 0) is 6.54 Å². The average molecular weight is 279 g/mol. The summed E-state index contributed by atoms with van der Waals surface area (Å²) in [6.45, 7) is 6.88. The van der Waals surface area contributed by atoms with E-state index in [0.29, 0.717) is 17.1 Å². The lowest BCUT2D eigenvalue weighted by Crippen LogP contribution is -2.08. The van der Waals surface area contributed by atoms with E-state index in [4.69, 9.17) is 5.73 Å². The van der Waals surface area contributed by atoms with Crippen LogP contribution in [0, 0.1) is 11.6 Å². The Balaban J connectivity index is 2.56. The normalized spacial score (nSPS) is 11.3.